The highest BCUT2D eigenvalue weighted by Gasteiger charge is 2.36. The van der Waals surface area contributed by atoms with Gasteiger partial charge in [-0.25, -0.2) is 4.98 Å². The lowest BCUT2D eigenvalue weighted by Gasteiger charge is -2.38. The Morgan fingerprint density at radius 3 is 2.42 bits per heavy atom. The van der Waals surface area contributed by atoms with Crippen LogP contribution in [0.3, 0.4) is 0 Å². The van der Waals surface area contributed by atoms with Crippen LogP contribution in [0, 0.1) is 32.1 Å². The van der Waals surface area contributed by atoms with Crippen LogP contribution in [0.4, 0.5) is 13.2 Å². The minimum absolute atomic E-state index is 0.00247. The Hall–Kier alpha value is -4.47. The minimum Gasteiger partial charge on any atom is -0.481 e. The van der Waals surface area contributed by atoms with Gasteiger partial charge in [-0.3, -0.25) is 19.3 Å². The van der Waals surface area contributed by atoms with Crippen LogP contribution in [-0.4, -0.2) is 64.3 Å². The number of carbonyl (C=O) groups is 2. The second-order valence-electron chi connectivity index (χ2n) is 12.7. The molecule has 0 saturated carbocycles. The largest absolute Gasteiger partial charge is 0.481 e. The monoisotopic (exact) mass is 666 g/mol. The molecule has 0 aliphatic carbocycles. The third-order valence-electron chi connectivity index (χ3n) is 8.65. The number of aromatic nitrogens is 2. The molecule has 1 saturated heterocycles. The van der Waals surface area contributed by atoms with Gasteiger partial charge in [-0.15, -0.1) is 6.42 Å². The van der Waals surface area contributed by atoms with Crippen LogP contribution in [0.5, 0.6) is 0 Å². The fourth-order valence-electron chi connectivity index (χ4n) is 6.14. The maximum atomic E-state index is 14.1. The lowest BCUT2D eigenvalue weighted by Crippen LogP contribution is -2.52. The zero-order valence-electron chi connectivity index (χ0n) is 27.7. The maximum absolute atomic E-state index is 14.1. The molecule has 0 unspecified atom stereocenters. The van der Waals surface area contributed by atoms with Gasteiger partial charge in [-0.05, 0) is 72.4 Å². The number of nitrogens with one attached hydrogen (secondary N) is 1. The van der Waals surface area contributed by atoms with Gasteiger partial charge >= 0.3 is 12.1 Å². The lowest BCUT2D eigenvalue weighted by molar-refractivity contribution is -0.139. The summed E-state index contributed by atoms with van der Waals surface area (Å²) in [5, 5.41) is 12.6. The molecule has 2 aromatic heterocycles. The molecule has 4 rings (SSSR count). The van der Waals surface area contributed by atoms with Crippen molar-refractivity contribution in [1.29, 1.82) is 0 Å². The summed E-state index contributed by atoms with van der Waals surface area (Å²) in [5.41, 5.74) is 1.84. The summed E-state index contributed by atoms with van der Waals surface area (Å²) in [6.45, 7) is 8.95. The van der Waals surface area contributed by atoms with E-state index in [0.29, 0.717) is 42.5 Å². The zero-order chi connectivity index (χ0) is 35.3. The quantitative estimate of drug-likeness (QED) is 0.238. The molecule has 12 heteroatoms. The Kier molecular flexibility index (Phi) is 11.5. The first-order valence-corrected chi connectivity index (χ1v) is 15.8. The summed E-state index contributed by atoms with van der Waals surface area (Å²) in [5.74, 6) is 0.520. The number of carboxylic acid groups (broad SMARTS) is 1. The Balaban J connectivity index is 1.73. The topological polar surface area (TPSA) is 114 Å². The first-order valence-electron chi connectivity index (χ1n) is 15.8. The van der Waals surface area contributed by atoms with Gasteiger partial charge in [0.2, 0.25) is 5.91 Å². The molecular formula is C36H41F3N4O5. The van der Waals surface area contributed by atoms with Crippen LogP contribution in [-0.2, 0) is 26.9 Å². The van der Waals surface area contributed by atoms with Crippen LogP contribution in [0.15, 0.2) is 47.5 Å². The average molecular weight is 667 g/mol. The molecule has 0 spiro atoms. The van der Waals surface area contributed by atoms with E-state index in [1.54, 1.807) is 13.2 Å². The molecule has 1 aliphatic heterocycles. The maximum Gasteiger partial charge on any atom is 0.416 e. The second kappa shape index (κ2) is 15.2. The number of carboxylic acids is 1. The lowest BCUT2D eigenvalue weighted by atomic mass is 9.92. The summed E-state index contributed by atoms with van der Waals surface area (Å²) < 4.78 is 48.5. The molecule has 9 nitrogen and oxygen atoms in total. The van der Waals surface area contributed by atoms with Crippen molar-refractivity contribution in [3.05, 3.63) is 86.6 Å². The number of likely N-dealkylation sites (tertiary alicyclic amines) is 1. The number of aryl methyl sites for hydroxylation is 2. The van der Waals surface area contributed by atoms with Crippen LogP contribution in [0.25, 0.3) is 11.1 Å². The number of terminal acetylenes is 1. The predicted molar refractivity (Wildman–Crippen MR) is 175 cm³/mol. The van der Waals surface area contributed by atoms with Crippen molar-refractivity contribution in [2.75, 3.05) is 26.7 Å². The normalized spacial score (nSPS) is 15.1. The molecule has 3 aromatic rings. The highest BCUT2D eigenvalue weighted by atomic mass is 19.4. The van der Waals surface area contributed by atoms with Crippen molar-refractivity contribution in [3.8, 4) is 23.5 Å². The number of alkyl halides is 3. The molecule has 256 valence electrons. The van der Waals surface area contributed by atoms with E-state index in [2.05, 4.69) is 16.2 Å². The number of benzene rings is 1. The van der Waals surface area contributed by atoms with Crippen LogP contribution in [0.2, 0.25) is 0 Å². The number of aliphatic carboxylic acids is 1. The van der Waals surface area contributed by atoms with Gasteiger partial charge in [0.05, 0.1) is 24.1 Å². The van der Waals surface area contributed by atoms with Crippen molar-refractivity contribution in [2.24, 2.45) is 5.92 Å². The summed E-state index contributed by atoms with van der Waals surface area (Å²) in [6, 6.07) is 5.67. The molecule has 0 bridgehead atoms. The van der Waals surface area contributed by atoms with Crippen molar-refractivity contribution in [2.45, 2.75) is 71.3 Å². The number of pyridine rings is 2. The molecule has 2 atom stereocenters. The molecule has 1 aromatic carbocycles. The minimum atomic E-state index is -4.77. The summed E-state index contributed by atoms with van der Waals surface area (Å²) in [6.07, 6.45) is 3.13. The first-order chi connectivity index (χ1) is 22.6. The van der Waals surface area contributed by atoms with Gasteiger partial charge in [0.15, 0.2) is 0 Å². The van der Waals surface area contributed by atoms with E-state index >= 15 is 0 Å². The number of methoxy groups -OCH3 is 1. The molecule has 2 N–H and O–H groups in total. The number of ether oxygens (including phenoxy) is 1. The standard InChI is InChI=1S/C36H41F3N4O5/c1-7-29-27(34-22(4)9-8-10-23(34)5)14-25(17-40-29)30(16-33(45)46)41-35(47)31(13-21(2)3)43-18-24(11-12-42-19-26(20-42)48-6)28(15-32(43)44)36(37,38)39/h1,8-10,14-15,17-18,21,26,30-31H,11-13,16,19-20H2,2-6H3,(H,41,47)(H,45,46)/t30-,31+/m0/s1. The Labute approximate surface area is 278 Å². The van der Waals surface area contributed by atoms with Crippen LogP contribution in [0.1, 0.15) is 72.3 Å². The Morgan fingerprint density at radius 2 is 1.85 bits per heavy atom. The summed E-state index contributed by atoms with van der Waals surface area (Å²) in [7, 11) is 1.58. The number of nitrogens with zero attached hydrogens (tertiary/aromatic N) is 3. The number of halogens is 3. The number of hydrogen-bond acceptors (Lipinski definition) is 6. The van der Waals surface area contributed by atoms with Crippen molar-refractivity contribution in [1.82, 2.24) is 19.8 Å². The SMILES string of the molecule is C#Cc1ncc([C@H](CC(=O)O)NC(=O)[C@@H](CC(C)C)n2cc(CCN3CC(OC)C3)c(C(F)(F)F)cc2=O)cc1-c1c(C)cccc1C. The zero-order valence-corrected chi connectivity index (χ0v) is 27.7. The second-order valence-corrected chi connectivity index (χ2v) is 12.7. The smallest absolute Gasteiger partial charge is 0.416 e. The van der Waals surface area contributed by atoms with Gasteiger partial charge in [-0.2, -0.15) is 13.2 Å². The average Bonchev–Trinajstić information content (AvgIpc) is 2.98. The molecule has 1 amide bonds. The Bertz CT molecular complexity index is 1740. The predicted octanol–water partition coefficient (Wildman–Crippen LogP) is 5.32. The first kappa shape index (κ1) is 36.4. The third-order valence-corrected chi connectivity index (χ3v) is 8.65. The van der Waals surface area contributed by atoms with Gasteiger partial charge in [-0.1, -0.05) is 32.0 Å². The third kappa shape index (κ3) is 8.51. The number of amides is 1. The highest BCUT2D eigenvalue weighted by Crippen LogP contribution is 2.34. The van der Waals surface area contributed by atoms with Crippen molar-refractivity contribution in [3.63, 3.8) is 0 Å². The Morgan fingerprint density at radius 1 is 1.19 bits per heavy atom. The number of rotatable bonds is 13. The van der Waals surface area contributed by atoms with Crippen molar-refractivity contribution >= 4 is 11.9 Å². The number of hydrogen-bond donors (Lipinski definition) is 2. The number of carbonyl (C=O) groups excluding carboxylic acids is 1. The van der Waals surface area contributed by atoms with Gasteiger partial charge < -0.3 is 19.7 Å². The van der Waals surface area contributed by atoms with Crippen LogP contribution < -0.4 is 10.9 Å². The van der Waals surface area contributed by atoms with E-state index in [1.165, 1.54) is 6.20 Å². The van der Waals surface area contributed by atoms with Gasteiger partial charge in [0, 0.05) is 50.8 Å². The molecule has 1 fully saturated rings. The van der Waals surface area contributed by atoms with E-state index in [4.69, 9.17) is 11.2 Å². The molecular weight excluding hydrogens is 625 g/mol. The van der Waals surface area contributed by atoms with Gasteiger partial charge in [0.25, 0.3) is 5.56 Å². The van der Waals surface area contributed by atoms with Crippen LogP contribution >= 0.6 is 0 Å². The fraction of sp³-hybridized carbons (Fsp3) is 0.444. The van der Waals surface area contributed by atoms with E-state index in [-0.39, 0.29) is 30.4 Å². The van der Waals surface area contributed by atoms with E-state index < -0.39 is 47.7 Å². The van der Waals surface area contributed by atoms with Crippen molar-refractivity contribution < 1.29 is 32.6 Å². The fourth-order valence-corrected chi connectivity index (χ4v) is 6.14. The molecule has 48 heavy (non-hydrogen) atoms. The molecule has 3 heterocycles. The molecule has 0 radical (unpaired) electrons. The summed E-state index contributed by atoms with van der Waals surface area (Å²) in [4.78, 5) is 45.6. The van der Waals surface area contributed by atoms with E-state index in [0.717, 1.165) is 27.5 Å². The van der Waals surface area contributed by atoms with E-state index in [9.17, 15) is 32.7 Å². The highest BCUT2D eigenvalue weighted by molar-refractivity contribution is 5.82. The molecule has 1 aliphatic rings. The van der Waals surface area contributed by atoms with Gasteiger partial charge in [0.1, 0.15) is 11.7 Å². The van der Waals surface area contributed by atoms with E-state index in [1.807, 2.05) is 50.8 Å². The summed E-state index contributed by atoms with van der Waals surface area (Å²) >= 11 is 0.